The molecule has 1 heterocycles. The number of piperidine rings is 1. The topological polar surface area (TPSA) is 41.6 Å². The molecule has 0 bridgehead atoms. The van der Waals surface area contributed by atoms with Crippen LogP contribution in [0.3, 0.4) is 0 Å². The van der Waals surface area contributed by atoms with E-state index in [1.807, 2.05) is 43.0 Å². The summed E-state index contributed by atoms with van der Waals surface area (Å²) >= 11 is 0. The van der Waals surface area contributed by atoms with Gasteiger partial charge in [-0.05, 0) is 69.3 Å². The third-order valence-electron chi connectivity index (χ3n) is 5.28. The largest absolute Gasteiger partial charge is 0.493 e. The SMILES string of the molecule is CCNCC1CCN(C(=O)C(C)(C)c2ccc(OCC(C)C)cc2)CC1.Cl. The highest BCUT2D eigenvalue weighted by molar-refractivity contribution is 5.87. The lowest BCUT2D eigenvalue weighted by atomic mass is 9.82. The Bertz CT molecular complexity index is 564. The van der Waals surface area contributed by atoms with Crippen molar-refractivity contribution in [2.45, 2.75) is 52.9 Å². The number of hydrogen-bond acceptors (Lipinski definition) is 3. The van der Waals surface area contributed by atoms with Gasteiger partial charge in [0.05, 0.1) is 12.0 Å². The molecule has 0 spiro atoms. The van der Waals surface area contributed by atoms with E-state index < -0.39 is 5.41 Å². The lowest BCUT2D eigenvalue weighted by Crippen LogP contribution is -2.47. The van der Waals surface area contributed by atoms with Crippen molar-refractivity contribution in [1.29, 1.82) is 0 Å². The summed E-state index contributed by atoms with van der Waals surface area (Å²) in [6, 6.07) is 8.03. The summed E-state index contributed by atoms with van der Waals surface area (Å²) in [4.78, 5) is 15.2. The monoisotopic (exact) mass is 396 g/mol. The Labute approximate surface area is 171 Å². The molecule has 0 aliphatic carbocycles. The fraction of sp³-hybridized carbons (Fsp3) is 0.682. The van der Waals surface area contributed by atoms with Gasteiger partial charge in [0, 0.05) is 13.1 Å². The zero-order valence-corrected chi connectivity index (χ0v) is 18.4. The fourth-order valence-electron chi connectivity index (χ4n) is 3.44. The summed E-state index contributed by atoms with van der Waals surface area (Å²) in [6.45, 7) is 15.0. The molecule has 154 valence electrons. The van der Waals surface area contributed by atoms with Crippen LogP contribution in [0.25, 0.3) is 0 Å². The van der Waals surface area contributed by atoms with E-state index in [1.165, 1.54) is 0 Å². The number of benzene rings is 1. The van der Waals surface area contributed by atoms with Crippen LogP contribution in [-0.4, -0.2) is 43.6 Å². The number of nitrogens with one attached hydrogen (secondary N) is 1. The lowest BCUT2D eigenvalue weighted by molar-refractivity contribution is -0.137. The first-order valence-electron chi connectivity index (χ1n) is 10.1. The Morgan fingerprint density at radius 3 is 2.33 bits per heavy atom. The Morgan fingerprint density at radius 2 is 1.81 bits per heavy atom. The molecule has 1 fully saturated rings. The van der Waals surface area contributed by atoms with Crippen LogP contribution >= 0.6 is 12.4 Å². The molecule has 0 saturated carbocycles. The average molecular weight is 397 g/mol. The van der Waals surface area contributed by atoms with Gasteiger partial charge in [-0.15, -0.1) is 12.4 Å². The average Bonchev–Trinajstić information content (AvgIpc) is 2.64. The van der Waals surface area contributed by atoms with Gasteiger partial charge in [0.15, 0.2) is 0 Å². The van der Waals surface area contributed by atoms with Crippen molar-refractivity contribution in [2.75, 3.05) is 32.8 Å². The van der Waals surface area contributed by atoms with E-state index in [0.29, 0.717) is 18.4 Å². The maximum Gasteiger partial charge on any atom is 0.232 e. The highest BCUT2D eigenvalue weighted by Gasteiger charge is 2.35. The van der Waals surface area contributed by atoms with Crippen molar-refractivity contribution in [2.24, 2.45) is 11.8 Å². The van der Waals surface area contributed by atoms with Crippen LogP contribution in [0, 0.1) is 11.8 Å². The number of likely N-dealkylation sites (tertiary alicyclic amines) is 1. The van der Waals surface area contributed by atoms with Crippen molar-refractivity contribution in [3.8, 4) is 5.75 Å². The van der Waals surface area contributed by atoms with Gasteiger partial charge in [-0.3, -0.25) is 4.79 Å². The van der Waals surface area contributed by atoms with E-state index in [0.717, 1.165) is 50.3 Å². The molecule has 0 aromatic heterocycles. The van der Waals surface area contributed by atoms with Gasteiger partial charge in [-0.25, -0.2) is 0 Å². The van der Waals surface area contributed by atoms with Crippen LogP contribution in [-0.2, 0) is 10.2 Å². The predicted octanol–water partition coefficient (Wildman–Crippen LogP) is 4.27. The zero-order valence-electron chi connectivity index (χ0n) is 17.6. The summed E-state index contributed by atoms with van der Waals surface area (Å²) in [5, 5.41) is 3.43. The maximum atomic E-state index is 13.1. The number of hydrogen-bond donors (Lipinski definition) is 1. The summed E-state index contributed by atoms with van der Waals surface area (Å²) < 4.78 is 5.75. The van der Waals surface area contributed by atoms with E-state index in [9.17, 15) is 4.79 Å². The summed E-state index contributed by atoms with van der Waals surface area (Å²) in [5.74, 6) is 2.30. The van der Waals surface area contributed by atoms with E-state index in [-0.39, 0.29) is 18.3 Å². The second-order valence-corrected chi connectivity index (χ2v) is 8.40. The van der Waals surface area contributed by atoms with Gasteiger partial charge in [0.25, 0.3) is 0 Å². The number of ether oxygens (including phenoxy) is 1. The van der Waals surface area contributed by atoms with Gasteiger partial charge in [0.2, 0.25) is 5.91 Å². The van der Waals surface area contributed by atoms with E-state index >= 15 is 0 Å². The second kappa shape index (κ2) is 10.9. The van der Waals surface area contributed by atoms with Gasteiger partial charge >= 0.3 is 0 Å². The number of nitrogens with zero attached hydrogens (tertiary/aromatic N) is 1. The molecule has 1 N–H and O–H groups in total. The molecular weight excluding hydrogens is 360 g/mol. The van der Waals surface area contributed by atoms with E-state index in [4.69, 9.17) is 4.74 Å². The number of carbonyl (C=O) groups is 1. The minimum absolute atomic E-state index is 0. The summed E-state index contributed by atoms with van der Waals surface area (Å²) in [7, 11) is 0. The number of rotatable bonds is 8. The quantitative estimate of drug-likeness (QED) is 0.713. The third kappa shape index (κ3) is 6.69. The Balaban J connectivity index is 0.00000364. The molecule has 1 aromatic carbocycles. The molecule has 0 atom stereocenters. The van der Waals surface area contributed by atoms with Crippen molar-refractivity contribution in [1.82, 2.24) is 10.2 Å². The zero-order chi connectivity index (χ0) is 19.2. The normalized spacial score (nSPS) is 15.6. The Kier molecular flexibility index (Phi) is 9.61. The van der Waals surface area contributed by atoms with Gasteiger partial charge in [-0.1, -0.05) is 32.9 Å². The molecule has 2 rings (SSSR count). The van der Waals surface area contributed by atoms with Crippen molar-refractivity contribution >= 4 is 18.3 Å². The highest BCUT2D eigenvalue weighted by atomic mass is 35.5. The molecule has 0 radical (unpaired) electrons. The number of amides is 1. The van der Waals surface area contributed by atoms with E-state index in [2.05, 4.69) is 26.1 Å². The van der Waals surface area contributed by atoms with Crippen LogP contribution in [0.5, 0.6) is 5.75 Å². The van der Waals surface area contributed by atoms with Gasteiger partial charge < -0.3 is 15.0 Å². The lowest BCUT2D eigenvalue weighted by Gasteiger charge is -2.37. The smallest absolute Gasteiger partial charge is 0.232 e. The number of carbonyl (C=O) groups excluding carboxylic acids is 1. The number of halogens is 1. The predicted molar refractivity (Wildman–Crippen MR) is 115 cm³/mol. The minimum Gasteiger partial charge on any atom is -0.493 e. The van der Waals surface area contributed by atoms with Crippen LogP contribution in [0.1, 0.15) is 53.0 Å². The highest BCUT2D eigenvalue weighted by Crippen LogP contribution is 2.29. The molecule has 1 aromatic rings. The van der Waals surface area contributed by atoms with Crippen LogP contribution < -0.4 is 10.1 Å². The molecule has 1 amide bonds. The summed E-state index contributed by atoms with van der Waals surface area (Å²) in [5.41, 5.74) is 0.541. The first-order chi connectivity index (χ1) is 12.3. The Morgan fingerprint density at radius 1 is 1.22 bits per heavy atom. The first-order valence-corrected chi connectivity index (χ1v) is 10.1. The summed E-state index contributed by atoms with van der Waals surface area (Å²) in [6.07, 6.45) is 2.19. The molecule has 0 unspecified atom stereocenters. The van der Waals surface area contributed by atoms with Gasteiger partial charge in [-0.2, -0.15) is 0 Å². The second-order valence-electron chi connectivity index (χ2n) is 8.40. The molecule has 27 heavy (non-hydrogen) atoms. The van der Waals surface area contributed by atoms with Crippen LogP contribution in [0.2, 0.25) is 0 Å². The van der Waals surface area contributed by atoms with Gasteiger partial charge in [0.1, 0.15) is 5.75 Å². The molecule has 1 aliphatic rings. The fourth-order valence-corrected chi connectivity index (χ4v) is 3.44. The molecule has 4 nitrogen and oxygen atoms in total. The molecule has 1 saturated heterocycles. The van der Waals surface area contributed by atoms with Crippen LogP contribution in [0.15, 0.2) is 24.3 Å². The van der Waals surface area contributed by atoms with E-state index in [1.54, 1.807) is 0 Å². The minimum atomic E-state index is -0.509. The van der Waals surface area contributed by atoms with Crippen LogP contribution in [0.4, 0.5) is 0 Å². The van der Waals surface area contributed by atoms with Crippen molar-refractivity contribution < 1.29 is 9.53 Å². The third-order valence-corrected chi connectivity index (χ3v) is 5.28. The van der Waals surface area contributed by atoms with Crippen molar-refractivity contribution in [3.63, 3.8) is 0 Å². The molecule has 5 heteroatoms. The maximum absolute atomic E-state index is 13.1. The van der Waals surface area contributed by atoms with Crippen molar-refractivity contribution in [3.05, 3.63) is 29.8 Å². The Hall–Kier alpha value is -1.26. The first kappa shape index (κ1) is 23.8. The standard InChI is InChI=1S/C22H36N2O2.ClH/c1-6-23-15-18-11-13-24(14-12-18)21(25)22(4,5)19-7-9-20(10-8-19)26-16-17(2)3;/h7-10,17-18,23H,6,11-16H2,1-5H3;1H. The molecular formula is C22H37ClN2O2. The molecule has 1 aliphatic heterocycles.